The lowest BCUT2D eigenvalue weighted by Crippen LogP contribution is -2.02. The second-order valence-corrected chi connectivity index (χ2v) is 5.41. The van der Waals surface area contributed by atoms with Crippen LogP contribution in [-0.4, -0.2) is 6.61 Å². The van der Waals surface area contributed by atoms with Crippen molar-refractivity contribution >= 4 is 27.5 Å². The molecule has 0 amide bonds. The highest BCUT2D eigenvalue weighted by atomic mass is 79.9. The van der Waals surface area contributed by atoms with Crippen molar-refractivity contribution in [2.24, 2.45) is 0 Å². The van der Waals surface area contributed by atoms with E-state index < -0.39 is 0 Å². The summed E-state index contributed by atoms with van der Waals surface area (Å²) in [7, 11) is 0. The van der Waals surface area contributed by atoms with Gasteiger partial charge in [-0.05, 0) is 30.7 Å². The molecule has 0 saturated carbocycles. The van der Waals surface area contributed by atoms with Gasteiger partial charge in [0.1, 0.15) is 6.61 Å². The van der Waals surface area contributed by atoms with Crippen molar-refractivity contribution in [2.45, 2.75) is 19.4 Å². The molecule has 0 aromatic heterocycles. The SMILES string of the molecule is CCOc1cccc(CCl)c1OCc1ccc(Br)cc1. The molecule has 0 aliphatic carbocycles. The monoisotopic (exact) mass is 354 g/mol. The predicted octanol–water partition coefficient (Wildman–Crippen LogP) is 5.17. The van der Waals surface area contributed by atoms with Crippen LogP contribution in [0.15, 0.2) is 46.9 Å². The van der Waals surface area contributed by atoms with Gasteiger partial charge in [0, 0.05) is 10.0 Å². The van der Waals surface area contributed by atoms with Crippen molar-refractivity contribution in [3.05, 3.63) is 58.1 Å². The summed E-state index contributed by atoms with van der Waals surface area (Å²) >= 11 is 9.38. The summed E-state index contributed by atoms with van der Waals surface area (Å²) in [5.74, 6) is 1.87. The summed E-state index contributed by atoms with van der Waals surface area (Å²) in [6, 6.07) is 13.8. The van der Waals surface area contributed by atoms with Crippen LogP contribution < -0.4 is 9.47 Å². The zero-order chi connectivity index (χ0) is 14.4. The van der Waals surface area contributed by atoms with Gasteiger partial charge in [-0.3, -0.25) is 0 Å². The van der Waals surface area contributed by atoms with Crippen LogP contribution in [0.5, 0.6) is 11.5 Å². The Bertz CT molecular complexity index is 555. The lowest BCUT2D eigenvalue weighted by molar-refractivity contribution is 0.267. The maximum atomic E-state index is 5.96. The standard InChI is InChI=1S/C16H16BrClO2/c1-2-19-15-5-3-4-13(10-18)16(15)20-11-12-6-8-14(17)9-7-12/h3-9H,2,10-11H2,1H3. The van der Waals surface area contributed by atoms with Crippen LogP contribution in [0.4, 0.5) is 0 Å². The van der Waals surface area contributed by atoms with Crippen LogP contribution in [0.25, 0.3) is 0 Å². The van der Waals surface area contributed by atoms with E-state index in [-0.39, 0.29) is 0 Å². The third-order valence-electron chi connectivity index (χ3n) is 2.80. The van der Waals surface area contributed by atoms with E-state index >= 15 is 0 Å². The Morgan fingerprint density at radius 1 is 1.05 bits per heavy atom. The largest absolute Gasteiger partial charge is 0.490 e. The van der Waals surface area contributed by atoms with Gasteiger partial charge < -0.3 is 9.47 Å². The molecule has 0 spiro atoms. The third kappa shape index (κ3) is 3.90. The minimum Gasteiger partial charge on any atom is -0.490 e. The summed E-state index contributed by atoms with van der Waals surface area (Å²) < 4.78 is 12.6. The third-order valence-corrected chi connectivity index (χ3v) is 3.62. The normalized spacial score (nSPS) is 10.3. The smallest absolute Gasteiger partial charge is 0.166 e. The summed E-state index contributed by atoms with van der Waals surface area (Å²) in [5.41, 5.74) is 2.04. The van der Waals surface area contributed by atoms with Gasteiger partial charge in [0.25, 0.3) is 0 Å². The van der Waals surface area contributed by atoms with Crippen LogP contribution in [0.1, 0.15) is 18.1 Å². The fraction of sp³-hybridized carbons (Fsp3) is 0.250. The van der Waals surface area contributed by atoms with Gasteiger partial charge in [0.2, 0.25) is 0 Å². The molecule has 0 aliphatic heterocycles. The molecule has 2 nitrogen and oxygen atoms in total. The minimum atomic E-state index is 0.399. The van der Waals surface area contributed by atoms with E-state index in [1.165, 1.54) is 0 Å². The van der Waals surface area contributed by atoms with E-state index in [2.05, 4.69) is 15.9 Å². The Kier molecular flexibility index (Phi) is 5.74. The molecule has 2 rings (SSSR count). The molecule has 0 unspecified atom stereocenters. The van der Waals surface area contributed by atoms with E-state index in [4.69, 9.17) is 21.1 Å². The number of halogens is 2. The van der Waals surface area contributed by atoms with Crippen molar-refractivity contribution in [1.82, 2.24) is 0 Å². The molecule has 0 heterocycles. The van der Waals surface area contributed by atoms with Crippen molar-refractivity contribution in [3.63, 3.8) is 0 Å². The molecule has 0 radical (unpaired) electrons. The van der Waals surface area contributed by atoms with Crippen molar-refractivity contribution in [1.29, 1.82) is 0 Å². The molecule has 4 heteroatoms. The minimum absolute atomic E-state index is 0.399. The first-order valence-corrected chi connectivity index (χ1v) is 7.75. The lowest BCUT2D eigenvalue weighted by atomic mass is 10.2. The van der Waals surface area contributed by atoms with Crippen LogP contribution >= 0.6 is 27.5 Å². The molecule has 0 atom stereocenters. The number of hydrogen-bond donors (Lipinski definition) is 0. The Balaban J connectivity index is 2.16. The number of para-hydroxylation sites is 1. The first-order chi connectivity index (χ1) is 9.74. The summed E-state index contributed by atoms with van der Waals surface area (Å²) in [6.07, 6.45) is 0. The molecule has 106 valence electrons. The predicted molar refractivity (Wildman–Crippen MR) is 85.6 cm³/mol. The van der Waals surface area contributed by atoms with E-state index in [1.54, 1.807) is 0 Å². The number of ether oxygens (including phenoxy) is 2. The number of hydrogen-bond acceptors (Lipinski definition) is 2. The van der Waals surface area contributed by atoms with Gasteiger partial charge in [-0.2, -0.15) is 0 Å². The van der Waals surface area contributed by atoms with Crippen LogP contribution in [-0.2, 0) is 12.5 Å². The highest BCUT2D eigenvalue weighted by Crippen LogP contribution is 2.33. The fourth-order valence-corrected chi connectivity index (χ4v) is 2.31. The fourth-order valence-electron chi connectivity index (χ4n) is 1.84. The van der Waals surface area contributed by atoms with Crippen molar-refractivity contribution < 1.29 is 9.47 Å². The van der Waals surface area contributed by atoms with Crippen LogP contribution in [0, 0.1) is 0 Å². The molecule has 0 N–H and O–H groups in total. The number of rotatable bonds is 6. The van der Waals surface area contributed by atoms with Gasteiger partial charge in [-0.1, -0.05) is 40.2 Å². The molecule has 2 aromatic rings. The van der Waals surface area contributed by atoms with Crippen molar-refractivity contribution in [2.75, 3.05) is 6.61 Å². The topological polar surface area (TPSA) is 18.5 Å². The van der Waals surface area contributed by atoms with Crippen LogP contribution in [0.3, 0.4) is 0 Å². The Labute approximate surface area is 132 Å². The molecule has 0 fully saturated rings. The van der Waals surface area contributed by atoms with Gasteiger partial charge in [-0.15, -0.1) is 11.6 Å². The van der Waals surface area contributed by atoms with E-state index in [0.29, 0.717) is 19.1 Å². The van der Waals surface area contributed by atoms with Crippen LogP contribution in [0.2, 0.25) is 0 Å². The first-order valence-electron chi connectivity index (χ1n) is 6.42. The molecular formula is C16H16BrClO2. The molecular weight excluding hydrogens is 340 g/mol. The Hall–Kier alpha value is -1.19. The highest BCUT2D eigenvalue weighted by Gasteiger charge is 2.10. The molecule has 0 aliphatic rings. The van der Waals surface area contributed by atoms with Gasteiger partial charge in [-0.25, -0.2) is 0 Å². The van der Waals surface area contributed by atoms with E-state index in [1.807, 2.05) is 49.4 Å². The highest BCUT2D eigenvalue weighted by molar-refractivity contribution is 9.10. The van der Waals surface area contributed by atoms with E-state index in [9.17, 15) is 0 Å². The maximum absolute atomic E-state index is 5.96. The van der Waals surface area contributed by atoms with Gasteiger partial charge >= 0.3 is 0 Å². The molecule has 0 bridgehead atoms. The maximum Gasteiger partial charge on any atom is 0.166 e. The second-order valence-electron chi connectivity index (χ2n) is 4.23. The average Bonchev–Trinajstić information content (AvgIpc) is 2.47. The quantitative estimate of drug-likeness (QED) is 0.666. The summed E-state index contributed by atoms with van der Waals surface area (Å²) in [4.78, 5) is 0. The Morgan fingerprint density at radius 2 is 1.80 bits per heavy atom. The number of benzene rings is 2. The van der Waals surface area contributed by atoms with Crippen molar-refractivity contribution in [3.8, 4) is 11.5 Å². The molecule has 0 saturated heterocycles. The molecule has 2 aromatic carbocycles. The van der Waals surface area contributed by atoms with E-state index in [0.717, 1.165) is 27.1 Å². The number of alkyl halides is 1. The average molecular weight is 356 g/mol. The zero-order valence-electron chi connectivity index (χ0n) is 11.2. The summed E-state index contributed by atoms with van der Waals surface area (Å²) in [6.45, 7) is 3.04. The molecule has 20 heavy (non-hydrogen) atoms. The summed E-state index contributed by atoms with van der Waals surface area (Å²) in [5, 5.41) is 0. The lowest BCUT2D eigenvalue weighted by Gasteiger charge is -2.15. The van der Waals surface area contributed by atoms with Gasteiger partial charge in [0.15, 0.2) is 11.5 Å². The Morgan fingerprint density at radius 3 is 2.45 bits per heavy atom. The zero-order valence-corrected chi connectivity index (χ0v) is 13.6. The van der Waals surface area contributed by atoms with Gasteiger partial charge in [0.05, 0.1) is 12.5 Å². The first kappa shape index (κ1) is 15.2. The second kappa shape index (κ2) is 7.55.